The van der Waals surface area contributed by atoms with E-state index in [-0.39, 0.29) is 17.1 Å². The minimum Gasteiger partial charge on any atom is -0.375 e. The molecule has 0 bridgehead atoms. The third kappa shape index (κ3) is 2.89. The van der Waals surface area contributed by atoms with Gasteiger partial charge in [0.1, 0.15) is 23.8 Å². The Labute approximate surface area is 152 Å². The van der Waals surface area contributed by atoms with Gasteiger partial charge < -0.3 is 14.8 Å². The molecule has 1 saturated heterocycles. The lowest BCUT2D eigenvalue weighted by atomic mass is 9.81. The Hall–Kier alpha value is -1.98. The van der Waals surface area contributed by atoms with Crippen LogP contribution in [-0.4, -0.2) is 19.3 Å². The summed E-state index contributed by atoms with van der Waals surface area (Å²) in [4.78, 5) is 0. The standard InChI is InChI=1S/C21H23F2NO2/c1-21(2,3)12-7-8-16-13(11-12)19-20(26-10-9-25-19)18(24-16)17-14(22)5-4-6-15(17)23/h4-8,11,18-20,24H,9-10H2,1-3H3. The predicted octanol–water partition coefficient (Wildman–Crippen LogP) is 4.89. The van der Waals surface area contributed by atoms with Crippen molar-refractivity contribution < 1.29 is 18.3 Å². The maximum absolute atomic E-state index is 14.4. The molecule has 2 heterocycles. The highest BCUT2D eigenvalue weighted by atomic mass is 19.1. The van der Waals surface area contributed by atoms with Crippen molar-refractivity contribution in [2.24, 2.45) is 0 Å². The summed E-state index contributed by atoms with van der Waals surface area (Å²) in [5, 5.41) is 3.29. The topological polar surface area (TPSA) is 30.5 Å². The number of hydrogen-bond donors (Lipinski definition) is 1. The average molecular weight is 359 g/mol. The number of fused-ring (bicyclic) bond motifs is 3. The van der Waals surface area contributed by atoms with Crippen molar-refractivity contribution in [3.63, 3.8) is 0 Å². The highest BCUT2D eigenvalue weighted by molar-refractivity contribution is 5.59. The molecule has 3 nitrogen and oxygen atoms in total. The number of nitrogens with one attached hydrogen (secondary N) is 1. The summed E-state index contributed by atoms with van der Waals surface area (Å²) in [5.41, 5.74) is 2.99. The van der Waals surface area contributed by atoms with Crippen molar-refractivity contribution in [3.8, 4) is 0 Å². The van der Waals surface area contributed by atoms with E-state index < -0.39 is 23.8 Å². The maximum Gasteiger partial charge on any atom is 0.131 e. The van der Waals surface area contributed by atoms with E-state index in [4.69, 9.17) is 9.47 Å². The zero-order chi connectivity index (χ0) is 18.5. The van der Waals surface area contributed by atoms with Crippen LogP contribution in [0.4, 0.5) is 14.5 Å². The molecule has 0 radical (unpaired) electrons. The van der Waals surface area contributed by atoms with Crippen molar-refractivity contribution in [2.75, 3.05) is 18.5 Å². The van der Waals surface area contributed by atoms with Crippen LogP contribution in [0.25, 0.3) is 0 Å². The smallest absolute Gasteiger partial charge is 0.131 e. The summed E-state index contributed by atoms with van der Waals surface area (Å²) in [6, 6.07) is 9.40. The van der Waals surface area contributed by atoms with Crippen LogP contribution < -0.4 is 5.32 Å². The fraction of sp³-hybridized carbons (Fsp3) is 0.429. The van der Waals surface area contributed by atoms with Gasteiger partial charge in [-0.15, -0.1) is 0 Å². The van der Waals surface area contributed by atoms with E-state index in [0.717, 1.165) is 11.3 Å². The largest absolute Gasteiger partial charge is 0.375 e. The lowest BCUT2D eigenvalue weighted by molar-refractivity contribution is -0.151. The monoisotopic (exact) mass is 359 g/mol. The van der Waals surface area contributed by atoms with E-state index in [1.165, 1.54) is 23.8 Å². The van der Waals surface area contributed by atoms with Gasteiger partial charge in [-0.2, -0.15) is 0 Å². The molecule has 1 N–H and O–H groups in total. The van der Waals surface area contributed by atoms with Crippen molar-refractivity contribution >= 4 is 5.69 Å². The van der Waals surface area contributed by atoms with Gasteiger partial charge in [-0.05, 0) is 29.2 Å². The molecule has 0 amide bonds. The molecular weight excluding hydrogens is 336 g/mol. The van der Waals surface area contributed by atoms with Gasteiger partial charge in [-0.25, -0.2) is 8.78 Å². The minimum atomic E-state index is -0.644. The Kier molecular flexibility index (Phi) is 4.24. The van der Waals surface area contributed by atoms with Gasteiger partial charge in [-0.3, -0.25) is 0 Å². The Morgan fingerprint density at radius 3 is 2.38 bits per heavy atom. The second-order valence-corrected chi connectivity index (χ2v) is 7.94. The fourth-order valence-corrected chi connectivity index (χ4v) is 3.77. The molecule has 2 aliphatic rings. The molecule has 2 aromatic carbocycles. The number of anilines is 1. The van der Waals surface area contributed by atoms with Gasteiger partial charge in [0, 0.05) is 16.8 Å². The number of rotatable bonds is 1. The van der Waals surface area contributed by atoms with Crippen LogP contribution in [0.15, 0.2) is 36.4 Å². The summed E-state index contributed by atoms with van der Waals surface area (Å²) >= 11 is 0. The maximum atomic E-state index is 14.4. The van der Waals surface area contributed by atoms with E-state index >= 15 is 0 Å². The van der Waals surface area contributed by atoms with Crippen LogP contribution in [-0.2, 0) is 14.9 Å². The number of ether oxygens (including phenoxy) is 2. The predicted molar refractivity (Wildman–Crippen MR) is 96.3 cm³/mol. The van der Waals surface area contributed by atoms with Crippen molar-refractivity contribution in [3.05, 3.63) is 64.7 Å². The molecule has 0 saturated carbocycles. The van der Waals surface area contributed by atoms with Gasteiger partial charge in [-0.1, -0.05) is 39.0 Å². The summed E-state index contributed by atoms with van der Waals surface area (Å²) in [6.07, 6.45) is -0.843. The SMILES string of the molecule is CC(C)(C)c1ccc2c(c1)C1OCCOC1C(c1c(F)cccc1F)N2. The van der Waals surface area contributed by atoms with Crippen molar-refractivity contribution in [2.45, 2.75) is 44.4 Å². The Bertz CT molecular complexity index is 811. The molecule has 0 aromatic heterocycles. The van der Waals surface area contributed by atoms with Gasteiger partial charge in [0.25, 0.3) is 0 Å². The first-order valence-electron chi connectivity index (χ1n) is 8.94. The van der Waals surface area contributed by atoms with Crippen LogP contribution in [0.2, 0.25) is 0 Å². The first-order valence-corrected chi connectivity index (χ1v) is 8.94. The molecule has 0 spiro atoms. The second-order valence-electron chi connectivity index (χ2n) is 7.94. The molecule has 2 aliphatic heterocycles. The first-order chi connectivity index (χ1) is 12.4. The summed E-state index contributed by atoms with van der Waals surface area (Å²) < 4.78 is 40.7. The highest BCUT2D eigenvalue weighted by Gasteiger charge is 2.43. The van der Waals surface area contributed by atoms with Crippen molar-refractivity contribution in [1.29, 1.82) is 0 Å². The zero-order valence-electron chi connectivity index (χ0n) is 15.2. The number of hydrogen-bond acceptors (Lipinski definition) is 3. The first kappa shape index (κ1) is 17.4. The molecule has 4 rings (SSSR count). The zero-order valence-corrected chi connectivity index (χ0v) is 15.2. The van der Waals surface area contributed by atoms with Crippen LogP contribution in [0.1, 0.15) is 49.6 Å². The Morgan fingerprint density at radius 2 is 1.69 bits per heavy atom. The van der Waals surface area contributed by atoms with Crippen LogP contribution in [0.5, 0.6) is 0 Å². The van der Waals surface area contributed by atoms with E-state index in [2.05, 4.69) is 32.2 Å². The number of halogens is 2. The minimum absolute atomic E-state index is 0.00134. The van der Waals surface area contributed by atoms with Crippen LogP contribution in [0.3, 0.4) is 0 Å². The Balaban J connectivity index is 1.82. The van der Waals surface area contributed by atoms with Crippen LogP contribution in [0, 0.1) is 11.6 Å². The van der Waals surface area contributed by atoms with Crippen molar-refractivity contribution in [1.82, 2.24) is 0 Å². The fourth-order valence-electron chi connectivity index (χ4n) is 3.77. The summed E-state index contributed by atoms with van der Waals surface area (Å²) in [6.45, 7) is 7.32. The second kappa shape index (κ2) is 6.32. The molecule has 1 fully saturated rings. The lowest BCUT2D eigenvalue weighted by Crippen LogP contribution is -2.44. The number of benzene rings is 2. The quantitative estimate of drug-likeness (QED) is 0.787. The molecule has 26 heavy (non-hydrogen) atoms. The van der Waals surface area contributed by atoms with Gasteiger partial charge >= 0.3 is 0 Å². The van der Waals surface area contributed by atoms with Gasteiger partial charge in [0.2, 0.25) is 0 Å². The van der Waals surface area contributed by atoms with E-state index in [9.17, 15) is 8.78 Å². The van der Waals surface area contributed by atoms with E-state index in [1.807, 2.05) is 12.1 Å². The lowest BCUT2D eigenvalue weighted by Gasteiger charge is -2.43. The molecule has 2 aromatic rings. The summed E-state index contributed by atoms with van der Waals surface area (Å²) in [5.74, 6) is -1.16. The highest BCUT2D eigenvalue weighted by Crippen LogP contribution is 2.46. The molecule has 3 unspecified atom stereocenters. The third-order valence-corrected chi connectivity index (χ3v) is 5.16. The third-order valence-electron chi connectivity index (χ3n) is 5.16. The Morgan fingerprint density at radius 1 is 1.00 bits per heavy atom. The van der Waals surface area contributed by atoms with Gasteiger partial charge in [0.15, 0.2) is 0 Å². The molecule has 5 heteroatoms. The molecule has 138 valence electrons. The van der Waals surface area contributed by atoms with E-state index in [1.54, 1.807) is 0 Å². The molecule has 0 aliphatic carbocycles. The average Bonchev–Trinajstić information content (AvgIpc) is 2.60. The van der Waals surface area contributed by atoms with E-state index in [0.29, 0.717) is 13.2 Å². The summed E-state index contributed by atoms with van der Waals surface area (Å²) in [7, 11) is 0. The normalized spacial score (nSPS) is 25.2. The van der Waals surface area contributed by atoms with Crippen LogP contribution >= 0.6 is 0 Å². The molecule has 3 atom stereocenters. The van der Waals surface area contributed by atoms with Gasteiger partial charge in [0.05, 0.1) is 19.3 Å². The molecular formula is C21H23F2NO2.